The number of benzene rings is 1. The van der Waals surface area contributed by atoms with Crippen LogP contribution in [0.5, 0.6) is 5.75 Å². The monoisotopic (exact) mass is 322 g/mol. The van der Waals surface area contributed by atoms with Crippen LogP contribution >= 0.6 is 0 Å². The Morgan fingerprint density at radius 3 is 2.46 bits per heavy atom. The lowest BCUT2D eigenvalue weighted by molar-refractivity contribution is 0.0586. The Morgan fingerprint density at radius 1 is 1.00 bits per heavy atom. The topological polar surface area (TPSA) is 78.4 Å². The van der Waals surface area contributed by atoms with Gasteiger partial charge in [0.2, 0.25) is 0 Å². The summed E-state index contributed by atoms with van der Waals surface area (Å²) in [6.45, 7) is 1.75. The molecule has 0 saturated heterocycles. The first kappa shape index (κ1) is 15.6. The lowest BCUT2D eigenvalue weighted by Gasteiger charge is -2.12. The number of ether oxygens (including phenoxy) is 2. The van der Waals surface area contributed by atoms with E-state index in [9.17, 15) is 9.59 Å². The Morgan fingerprint density at radius 2 is 1.75 bits per heavy atom. The number of nitrogens with zero attached hydrogens (tertiary/aromatic N) is 2. The maximum absolute atomic E-state index is 12.4. The number of carbonyl (C=O) groups excluding carboxylic acids is 2. The van der Waals surface area contributed by atoms with Crippen molar-refractivity contribution in [1.82, 2.24) is 9.97 Å². The molecule has 2 heterocycles. The summed E-state index contributed by atoms with van der Waals surface area (Å²) in [5.74, 6) is -1.29. The van der Waals surface area contributed by atoms with Crippen molar-refractivity contribution in [2.75, 3.05) is 7.11 Å². The van der Waals surface area contributed by atoms with Gasteiger partial charge < -0.3 is 9.47 Å². The molecule has 0 atom stereocenters. The van der Waals surface area contributed by atoms with Crippen LogP contribution in [0, 0.1) is 6.92 Å². The summed E-state index contributed by atoms with van der Waals surface area (Å²) in [4.78, 5) is 32.9. The molecule has 0 saturated carbocycles. The first-order chi connectivity index (χ1) is 11.6. The van der Waals surface area contributed by atoms with Gasteiger partial charge in [-0.05, 0) is 31.2 Å². The summed E-state index contributed by atoms with van der Waals surface area (Å²) in [5.41, 5.74) is 1.26. The second kappa shape index (κ2) is 6.45. The lowest BCUT2D eigenvalue weighted by atomic mass is 10.1. The van der Waals surface area contributed by atoms with E-state index in [2.05, 4.69) is 9.97 Å². The zero-order chi connectivity index (χ0) is 17.1. The van der Waals surface area contributed by atoms with E-state index in [1.54, 1.807) is 55.6 Å². The molecule has 3 aromatic rings. The molecule has 0 N–H and O–H groups in total. The number of hydrogen-bond acceptors (Lipinski definition) is 6. The normalized spacial score (nSPS) is 10.4. The van der Waals surface area contributed by atoms with E-state index in [4.69, 9.17) is 9.47 Å². The molecular weight excluding hydrogens is 308 g/mol. The van der Waals surface area contributed by atoms with Crippen LogP contribution in [0.4, 0.5) is 0 Å². The summed E-state index contributed by atoms with van der Waals surface area (Å²) >= 11 is 0. The van der Waals surface area contributed by atoms with E-state index >= 15 is 0 Å². The van der Waals surface area contributed by atoms with Gasteiger partial charge in [0.15, 0.2) is 11.4 Å². The Kier molecular flexibility index (Phi) is 4.20. The number of esters is 2. The molecule has 0 amide bonds. The summed E-state index contributed by atoms with van der Waals surface area (Å²) < 4.78 is 10.2. The fourth-order valence-electron chi connectivity index (χ4n) is 2.33. The number of aryl methyl sites for hydroxylation is 1. The number of pyridine rings is 2. The molecule has 120 valence electrons. The van der Waals surface area contributed by atoms with Crippen molar-refractivity contribution in [2.45, 2.75) is 6.92 Å². The molecule has 0 aliphatic carbocycles. The maximum atomic E-state index is 12.4. The number of methoxy groups -OCH3 is 1. The van der Waals surface area contributed by atoms with E-state index in [1.807, 2.05) is 0 Å². The Balaban J connectivity index is 2.16. The molecule has 2 aromatic heterocycles. The van der Waals surface area contributed by atoms with E-state index < -0.39 is 11.9 Å². The van der Waals surface area contributed by atoms with Crippen LogP contribution < -0.4 is 4.74 Å². The number of rotatable bonds is 3. The second-order valence-electron chi connectivity index (χ2n) is 5.02. The minimum absolute atomic E-state index is 0.00287. The quantitative estimate of drug-likeness (QED) is 0.690. The molecule has 0 spiro atoms. The molecule has 0 bridgehead atoms. The Labute approximate surface area is 138 Å². The summed E-state index contributed by atoms with van der Waals surface area (Å²) in [6.07, 6.45) is 1.56. The Bertz CT molecular complexity index is 923. The van der Waals surface area contributed by atoms with Gasteiger partial charge in [-0.2, -0.15) is 0 Å². The molecular formula is C18H14N2O4. The van der Waals surface area contributed by atoms with Crippen LogP contribution in [0.2, 0.25) is 0 Å². The van der Waals surface area contributed by atoms with Crippen molar-refractivity contribution in [2.24, 2.45) is 0 Å². The average molecular weight is 322 g/mol. The largest absolute Gasteiger partial charge is 0.464 e. The smallest absolute Gasteiger partial charge is 0.360 e. The van der Waals surface area contributed by atoms with Gasteiger partial charge in [0.1, 0.15) is 5.52 Å². The molecule has 6 heteroatoms. The van der Waals surface area contributed by atoms with Crippen LogP contribution in [-0.4, -0.2) is 29.0 Å². The van der Waals surface area contributed by atoms with Crippen molar-refractivity contribution in [3.8, 4) is 5.75 Å². The number of aromatic nitrogens is 2. The fourth-order valence-corrected chi connectivity index (χ4v) is 2.33. The Hall–Kier alpha value is -3.28. The minimum Gasteiger partial charge on any atom is -0.464 e. The van der Waals surface area contributed by atoms with Crippen molar-refractivity contribution in [1.29, 1.82) is 0 Å². The van der Waals surface area contributed by atoms with Gasteiger partial charge in [-0.25, -0.2) is 14.6 Å². The first-order valence-electron chi connectivity index (χ1n) is 7.22. The van der Waals surface area contributed by atoms with E-state index in [0.717, 1.165) is 0 Å². The van der Waals surface area contributed by atoms with Crippen molar-refractivity contribution >= 4 is 22.8 Å². The van der Waals surface area contributed by atoms with E-state index in [0.29, 0.717) is 22.2 Å². The van der Waals surface area contributed by atoms with Gasteiger partial charge in [-0.15, -0.1) is 0 Å². The zero-order valence-corrected chi connectivity index (χ0v) is 13.1. The third-order valence-electron chi connectivity index (χ3n) is 3.49. The molecule has 1 aromatic carbocycles. The molecule has 24 heavy (non-hydrogen) atoms. The summed E-state index contributed by atoms with van der Waals surface area (Å²) in [7, 11) is 1.24. The van der Waals surface area contributed by atoms with Gasteiger partial charge in [0, 0.05) is 17.3 Å². The maximum Gasteiger partial charge on any atom is 0.360 e. The highest BCUT2D eigenvalue weighted by Gasteiger charge is 2.23. The third-order valence-corrected chi connectivity index (χ3v) is 3.49. The van der Waals surface area contributed by atoms with E-state index in [-0.39, 0.29) is 11.4 Å². The highest BCUT2D eigenvalue weighted by Crippen LogP contribution is 2.30. The second-order valence-corrected chi connectivity index (χ2v) is 5.02. The minimum atomic E-state index is -0.693. The fraction of sp³-hybridized carbons (Fsp3) is 0.111. The number of hydrogen-bond donors (Lipinski definition) is 0. The predicted octanol–water partition coefficient (Wildman–Crippen LogP) is 2.94. The van der Waals surface area contributed by atoms with Gasteiger partial charge in [-0.3, -0.25) is 4.98 Å². The standard InChI is InChI=1S/C18H14N2O4/c1-11-13-9-6-10-19-14(13)16(15(20-11)18(22)23-2)24-17(21)12-7-4-3-5-8-12/h3-10H,1-2H3. The first-order valence-corrected chi connectivity index (χ1v) is 7.22. The van der Waals surface area contributed by atoms with Crippen LogP contribution in [0.1, 0.15) is 26.5 Å². The van der Waals surface area contributed by atoms with Crippen LogP contribution in [0.3, 0.4) is 0 Å². The summed E-state index contributed by atoms with van der Waals surface area (Å²) in [6, 6.07) is 12.0. The van der Waals surface area contributed by atoms with Crippen LogP contribution in [0.25, 0.3) is 10.9 Å². The van der Waals surface area contributed by atoms with Crippen molar-refractivity contribution < 1.29 is 19.1 Å². The molecule has 0 radical (unpaired) electrons. The zero-order valence-electron chi connectivity index (χ0n) is 13.1. The van der Waals surface area contributed by atoms with Gasteiger partial charge in [-0.1, -0.05) is 18.2 Å². The highest BCUT2D eigenvalue weighted by atomic mass is 16.5. The molecule has 0 aliphatic heterocycles. The van der Waals surface area contributed by atoms with Gasteiger partial charge in [0.25, 0.3) is 0 Å². The highest BCUT2D eigenvalue weighted by molar-refractivity contribution is 6.01. The molecule has 0 fully saturated rings. The lowest BCUT2D eigenvalue weighted by Crippen LogP contribution is -2.15. The SMILES string of the molecule is COC(=O)c1nc(C)c2cccnc2c1OC(=O)c1ccccc1. The van der Waals surface area contributed by atoms with E-state index in [1.165, 1.54) is 7.11 Å². The van der Waals surface area contributed by atoms with Crippen molar-refractivity contribution in [3.05, 3.63) is 65.6 Å². The van der Waals surface area contributed by atoms with Crippen LogP contribution in [0.15, 0.2) is 48.7 Å². The number of carbonyl (C=O) groups is 2. The molecule has 6 nitrogen and oxygen atoms in total. The third kappa shape index (κ3) is 2.81. The summed E-state index contributed by atoms with van der Waals surface area (Å²) in [5, 5.41) is 0.695. The van der Waals surface area contributed by atoms with Crippen LogP contribution in [-0.2, 0) is 4.74 Å². The number of fused-ring (bicyclic) bond motifs is 1. The average Bonchev–Trinajstić information content (AvgIpc) is 2.64. The van der Waals surface area contributed by atoms with Gasteiger partial charge in [0.05, 0.1) is 12.7 Å². The van der Waals surface area contributed by atoms with Crippen molar-refractivity contribution in [3.63, 3.8) is 0 Å². The molecule has 3 rings (SSSR count). The molecule has 0 aliphatic rings. The van der Waals surface area contributed by atoms with Gasteiger partial charge >= 0.3 is 11.9 Å². The molecule has 0 unspecified atom stereocenters. The predicted molar refractivity (Wildman–Crippen MR) is 87.0 cm³/mol.